The zero-order valence-electron chi connectivity index (χ0n) is 28.2. The smallest absolute Gasteiger partial charge is 0.407 e. The molecule has 2 atom stereocenters. The number of amides is 1. The molecule has 2 unspecified atom stereocenters. The van der Waals surface area contributed by atoms with Gasteiger partial charge in [0.2, 0.25) is 5.51 Å². The second-order valence-corrected chi connectivity index (χ2v) is 14.3. The van der Waals surface area contributed by atoms with Crippen LogP contribution in [0.2, 0.25) is 0 Å². The van der Waals surface area contributed by atoms with Gasteiger partial charge in [0.15, 0.2) is 12.5 Å². The molecule has 1 N–H and O–H groups in total. The summed E-state index contributed by atoms with van der Waals surface area (Å²) in [6.07, 6.45) is 23.2. The van der Waals surface area contributed by atoms with E-state index in [-0.39, 0.29) is 30.0 Å². The van der Waals surface area contributed by atoms with Crippen LogP contribution in [-0.2, 0) is 30.9 Å². The highest BCUT2D eigenvalue weighted by molar-refractivity contribution is 7.85. The number of benzene rings is 1. The van der Waals surface area contributed by atoms with Crippen molar-refractivity contribution in [2.24, 2.45) is 0 Å². The number of nitrogens with one attached hydrogen (secondary N) is 1. The maximum Gasteiger partial charge on any atom is 0.407 e. The van der Waals surface area contributed by atoms with Gasteiger partial charge in [-0.1, -0.05) is 113 Å². The molecular weight excluding hydrogens is 625 g/mol. The van der Waals surface area contributed by atoms with E-state index >= 15 is 0 Å². The van der Waals surface area contributed by atoms with Crippen LogP contribution in [0.5, 0.6) is 0 Å². The summed E-state index contributed by atoms with van der Waals surface area (Å²) in [5.74, 6) is 0. The van der Waals surface area contributed by atoms with Gasteiger partial charge in [0, 0.05) is 13.0 Å². The third-order valence-electron chi connectivity index (χ3n) is 7.96. The summed E-state index contributed by atoms with van der Waals surface area (Å²) in [6, 6.07) is 5.78. The highest BCUT2D eigenvalue weighted by Crippen LogP contribution is 2.19. The van der Waals surface area contributed by atoms with E-state index in [1.165, 1.54) is 89.2 Å². The van der Waals surface area contributed by atoms with Crippen molar-refractivity contribution in [3.63, 3.8) is 0 Å². The summed E-state index contributed by atoms with van der Waals surface area (Å²) in [7, 11) is -4.27. The molecule has 1 aliphatic rings. The lowest BCUT2D eigenvalue weighted by Crippen LogP contribution is -2.31. The van der Waals surface area contributed by atoms with Crippen molar-refractivity contribution in [2.45, 2.75) is 147 Å². The minimum absolute atomic E-state index is 0.138. The van der Waals surface area contributed by atoms with Crippen molar-refractivity contribution in [3.05, 3.63) is 46.9 Å². The van der Waals surface area contributed by atoms with Crippen molar-refractivity contribution in [3.8, 4) is 0 Å². The third kappa shape index (κ3) is 20.2. The van der Waals surface area contributed by atoms with E-state index in [9.17, 15) is 17.8 Å². The van der Waals surface area contributed by atoms with Gasteiger partial charge in [-0.15, -0.1) is 0 Å². The maximum absolute atomic E-state index is 11.9. The Kier molecular flexibility index (Phi) is 21.8. The summed E-state index contributed by atoms with van der Waals surface area (Å²) in [4.78, 5) is 11.7. The van der Waals surface area contributed by atoms with Crippen LogP contribution in [0, 0.1) is 6.92 Å². The number of aromatic nitrogens is 1. The van der Waals surface area contributed by atoms with Gasteiger partial charge in [-0.2, -0.15) is 4.57 Å². The highest BCUT2D eigenvalue weighted by atomic mass is 32.2. The molecule has 0 bridgehead atoms. The Hall–Kier alpha value is -2.05. The fourth-order valence-electron chi connectivity index (χ4n) is 5.18. The molecule has 0 aliphatic carbocycles. The number of hydrogen-bond acceptors (Lipinski definition) is 8. The number of rotatable bonds is 23. The number of carbonyl (C=O) groups is 1. The molecule has 1 amide bonds. The number of ether oxygens (including phenoxy) is 3. The van der Waals surface area contributed by atoms with E-state index in [2.05, 4.69) is 33.9 Å². The fourth-order valence-corrected chi connectivity index (χ4v) is 6.27. The van der Waals surface area contributed by atoms with Crippen molar-refractivity contribution in [1.29, 1.82) is 0 Å². The predicted molar refractivity (Wildman–Crippen MR) is 182 cm³/mol. The number of aryl methyl sites for hydroxylation is 2. The molecule has 1 aromatic carbocycles. The number of thiazole rings is 1. The van der Waals surface area contributed by atoms with E-state index < -0.39 is 10.1 Å². The summed E-state index contributed by atoms with van der Waals surface area (Å²) < 4.78 is 50.3. The van der Waals surface area contributed by atoms with Crippen LogP contribution in [0.25, 0.3) is 0 Å². The van der Waals surface area contributed by atoms with E-state index in [1.807, 2.05) is 6.92 Å². The minimum Gasteiger partial charge on any atom is -0.744 e. The average Bonchev–Trinajstić information content (AvgIpc) is 3.73. The highest BCUT2D eigenvalue weighted by Gasteiger charge is 2.26. The second-order valence-electron chi connectivity index (χ2n) is 12.2. The van der Waals surface area contributed by atoms with Gasteiger partial charge in [0.25, 0.3) is 0 Å². The molecule has 0 radical (unpaired) electrons. The number of carbonyl (C=O) groups excluding carboxylic acids is 1. The Morgan fingerprint density at radius 1 is 0.935 bits per heavy atom. The fraction of sp³-hybridized carbons (Fsp3) is 0.714. The van der Waals surface area contributed by atoms with Gasteiger partial charge in [-0.25, -0.2) is 13.2 Å². The molecule has 1 aromatic heterocycles. The van der Waals surface area contributed by atoms with Crippen LogP contribution in [0.15, 0.2) is 46.2 Å². The average molecular weight is 683 g/mol. The Bertz CT molecular complexity index is 1130. The third-order valence-corrected chi connectivity index (χ3v) is 9.48. The summed E-state index contributed by atoms with van der Waals surface area (Å²) in [5.41, 5.74) is 3.05. The van der Waals surface area contributed by atoms with Crippen molar-refractivity contribution >= 4 is 27.5 Å². The molecule has 0 saturated carbocycles. The molecule has 0 spiro atoms. The lowest BCUT2D eigenvalue weighted by atomic mass is 10.0. The van der Waals surface area contributed by atoms with Gasteiger partial charge in [-0.3, -0.25) is 0 Å². The van der Waals surface area contributed by atoms with Crippen molar-refractivity contribution < 1.29 is 36.5 Å². The number of alkyl carbamates (subject to hydrolysis) is 1. The Morgan fingerprint density at radius 3 is 2.13 bits per heavy atom. The van der Waals surface area contributed by atoms with E-state index in [0.717, 1.165) is 44.2 Å². The lowest BCUT2D eigenvalue weighted by molar-refractivity contribution is -0.692. The molecule has 2 heterocycles. The summed E-state index contributed by atoms with van der Waals surface area (Å²) >= 11 is 1.71. The monoisotopic (exact) mass is 682 g/mol. The molecule has 2 aromatic rings. The van der Waals surface area contributed by atoms with Gasteiger partial charge < -0.3 is 24.1 Å². The Morgan fingerprint density at radius 2 is 1.54 bits per heavy atom. The summed E-state index contributed by atoms with van der Waals surface area (Å²) in [6.45, 7) is 6.55. The largest absolute Gasteiger partial charge is 0.744 e. The minimum atomic E-state index is -4.27. The SMILES string of the molecule is CCCCCCCCCCCCCCCC1OCC(COC(=O)NCCCCC[n+]2ccsc2)O1.Cc1ccc(S(=O)(=O)[O-])cc1. The first-order valence-corrected chi connectivity index (χ1v) is 19.7. The molecule has 11 heteroatoms. The van der Waals surface area contributed by atoms with Gasteiger partial charge in [0.05, 0.1) is 16.9 Å². The van der Waals surface area contributed by atoms with Crippen molar-refractivity contribution in [2.75, 3.05) is 19.8 Å². The van der Waals surface area contributed by atoms with Crippen molar-refractivity contribution in [1.82, 2.24) is 5.32 Å². The topological polar surface area (TPSA) is 118 Å². The number of unbranched alkanes of at least 4 members (excludes halogenated alkanes) is 14. The lowest BCUT2D eigenvalue weighted by Gasteiger charge is -2.12. The molecule has 1 aliphatic heterocycles. The first kappa shape index (κ1) is 40.1. The summed E-state index contributed by atoms with van der Waals surface area (Å²) in [5, 5.41) is 4.91. The second kappa shape index (κ2) is 25.0. The van der Waals surface area contributed by atoms with Crippen LogP contribution < -0.4 is 9.88 Å². The van der Waals surface area contributed by atoms with Crippen LogP contribution in [0.1, 0.15) is 122 Å². The molecule has 3 rings (SSSR count). The van der Waals surface area contributed by atoms with Crippen LogP contribution in [0.3, 0.4) is 0 Å². The predicted octanol–water partition coefficient (Wildman–Crippen LogP) is 8.05. The Labute approximate surface area is 282 Å². The number of nitrogens with zero attached hydrogens (tertiary/aromatic N) is 1. The normalized spacial score (nSPS) is 16.2. The van der Waals surface area contributed by atoms with Crippen LogP contribution in [0.4, 0.5) is 4.79 Å². The standard InChI is InChI=1S/C28H50N2O4S.C7H8O3S/c1-2-3-4-5-6-7-8-9-10-11-12-13-15-18-27-32-23-26(34-27)24-33-28(31)29-19-16-14-17-20-30-21-22-35-25-30;1-6-2-4-7(5-3-6)11(8,9)10/h21-22,25-27H,2-20,23-24H2,1H3;2-5H,1H3,(H,8,9,10). The maximum atomic E-state index is 11.9. The molecule has 1 fully saturated rings. The number of hydrogen-bond donors (Lipinski definition) is 1. The Balaban J connectivity index is 0.000000562. The molecule has 262 valence electrons. The van der Waals surface area contributed by atoms with Crippen LogP contribution >= 0.6 is 11.3 Å². The van der Waals surface area contributed by atoms with Crippen LogP contribution in [-0.4, -0.2) is 51.2 Å². The molecule has 1 saturated heterocycles. The van der Waals surface area contributed by atoms with E-state index in [0.29, 0.717) is 13.2 Å². The molecule has 9 nitrogen and oxygen atoms in total. The van der Waals surface area contributed by atoms with Gasteiger partial charge in [-0.05, 0) is 44.7 Å². The van der Waals surface area contributed by atoms with E-state index in [4.69, 9.17) is 14.2 Å². The van der Waals surface area contributed by atoms with Gasteiger partial charge >= 0.3 is 6.09 Å². The first-order valence-electron chi connectivity index (χ1n) is 17.4. The zero-order chi connectivity index (χ0) is 33.3. The zero-order valence-corrected chi connectivity index (χ0v) is 29.8. The first-order chi connectivity index (χ1) is 22.3. The van der Waals surface area contributed by atoms with Gasteiger partial charge in [0.1, 0.15) is 29.4 Å². The van der Waals surface area contributed by atoms with E-state index in [1.54, 1.807) is 23.5 Å². The molecule has 46 heavy (non-hydrogen) atoms. The molecular formula is C35H58N2O7S2. The quantitative estimate of drug-likeness (QED) is 0.0716.